The molecule has 1 unspecified atom stereocenters. The molecule has 1 aromatic rings. The van der Waals surface area contributed by atoms with E-state index in [9.17, 15) is 4.79 Å². The standard InChI is InChI=1S/C11H15NO2S.C4H8O/c1-8-4-5-9(11(13)14-2)6-10(8)7-15(3)12;1-2-4-5-3-1/h4-6,12H,7H2,1-3H3;1-4H2. The summed E-state index contributed by atoms with van der Waals surface area (Å²) < 4.78 is 17.1. The zero-order valence-electron chi connectivity index (χ0n) is 12.4. The van der Waals surface area contributed by atoms with Crippen LogP contribution in [0.4, 0.5) is 0 Å². The van der Waals surface area contributed by atoms with Gasteiger partial charge in [-0.3, -0.25) is 4.78 Å². The highest BCUT2D eigenvalue weighted by Crippen LogP contribution is 2.13. The van der Waals surface area contributed by atoms with Crippen molar-refractivity contribution in [3.8, 4) is 0 Å². The Morgan fingerprint density at radius 3 is 2.50 bits per heavy atom. The number of rotatable bonds is 3. The Bertz CT molecular complexity index is 463. The highest BCUT2D eigenvalue weighted by molar-refractivity contribution is 7.84. The van der Waals surface area contributed by atoms with Crippen LogP contribution in [0.3, 0.4) is 0 Å². The van der Waals surface area contributed by atoms with Crippen molar-refractivity contribution in [2.45, 2.75) is 25.5 Å². The zero-order valence-corrected chi connectivity index (χ0v) is 13.2. The van der Waals surface area contributed by atoms with Crippen LogP contribution in [0, 0.1) is 11.7 Å². The van der Waals surface area contributed by atoms with E-state index in [4.69, 9.17) is 9.52 Å². The number of aryl methyl sites for hydroxylation is 1. The molecule has 0 aromatic heterocycles. The number of hydrogen-bond donors (Lipinski definition) is 1. The van der Waals surface area contributed by atoms with Crippen LogP contribution < -0.4 is 0 Å². The Morgan fingerprint density at radius 1 is 1.40 bits per heavy atom. The van der Waals surface area contributed by atoms with Gasteiger partial charge in [-0.2, -0.15) is 0 Å². The fraction of sp³-hybridized carbons (Fsp3) is 0.533. The van der Waals surface area contributed by atoms with Crippen molar-refractivity contribution >= 4 is 16.7 Å². The van der Waals surface area contributed by atoms with Crippen molar-refractivity contribution in [1.82, 2.24) is 0 Å². The smallest absolute Gasteiger partial charge is 0.337 e. The summed E-state index contributed by atoms with van der Waals surface area (Å²) in [4.78, 5) is 11.3. The molecule has 0 radical (unpaired) electrons. The topological polar surface area (TPSA) is 59.4 Å². The Balaban J connectivity index is 0.000000333. The lowest BCUT2D eigenvalue weighted by Gasteiger charge is -2.07. The Labute approximate surface area is 123 Å². The van der Waals surface area contributed by atoms with Crippen LogP contribution in [0.1, 0.15) is 34.3 Å². The predicted octanol–water partition coefficient (Wildman–Crippen LogP) is 3.09. The summed E-state index contributed by atoms with van der Waals surface area (Å²) >= 11 is 0. The Morgan fingerprint density at radius 2 is 2.05 bits per heavy atom. The van der Waals surface area contributed by atoms with Gasteiger partial charge in [0, 0.05) is 19.0 Å². The lowest BCUT2D eigenvalue weighted by molar-refractivity contribution is 0.0600. The molecule has 0 aliphatic carbocycles. The first kappa shape index (κ1) is 16.9. The molecule has 1 heterocycles. The first-order valence-corrected chi connectivity index (χ1v) is 8.44. The molecular formula is C15H23NO3S. The molecule has 0 spiro atoms. The van der Waals surface area contributed by atoms with Gasteiger partial charge in [0.1, 0.15) is 0 Å². The van der Waals surface area contributed by atoms with E-state index in [0.29, 0.717) is 11.3 Å². The molecule has 1 aliphatic rings. The number of carbonyl (C=O) groups is 1. The lowest BCUT2D eigenvalue weighted by atomic mass is 10.1. The van der Waals surface area contributed by atoms with Crippen molar-refractivity contribution in [3.05, 3.63) is 34.9 Å². The Kier molecular flexibility index (Phi) is 7.47. The monoisotopic (exact) mass is 297 g/mol. The first-order valence-electron chi connectivity index (χ1n) is 6.64. The average molecular weight is 297 g/mol. The molecule has 112 valence electrons. The minimum atomic E-state index is -0.402. The molecule has 20 heavy (non-hydrogen) atoms. The fourth-order valence-electron chi connectivity index (χ4n) is 1.82. The van der Waals surface area contributed by atoms with Crippen LogP contribution in [0.25, 0.3) is 0 Å². The van der Waals surface area contributed by atoms with Crippen LogP contribution in [-0.4, -0.2) is 32.5 Å². The van der Waals surface area contributed by atoms with E-state index in [1.807, 2.05) is 25.3 Å². The number of benzene rings is 1. The van der Waals surface area contributed by atoms with Crippen LogP contribution in [0.15, 0.2) is 18.2 Å². The highest BCUT2D eigenvalue weighted by Gasteiger charge is 2.07. The molecule has 1 fully saturated rings. The van der Waals surface area contributed by atoms with Gasteiger partial charge in [0.15, 0.2) is 0 Å². The van der Waals surface area contributed by atoms with Gasteiger partial charge < -0.3 is 9.47 Å². The van der Waals surface area contributed by atoms with Crippen LogP contribution in [0.5, 0.6) is 0 Å². The van der Waals surface area contributed by atoms with Gasteiger partial charge in [0.25, 0.3) is 0 Å². The summed E-state index contributed by atoms with van der Waals surface area (Å²) in [5.41, 5.74) is 2.73. The first-order chi connectivity index (χ1) is 9.54. The van der Waals surface area contributed by atoms with E-state index < -0.39 is 10.7 Å². The van der Waals surface area contributed by atoms with E-state index in [1.54, 1.807) is 6.07 Å². The number of nitrogens with one attached hydrogen (secondary N) is 1. The van der Waals surface area contributed by atoms with Crippen molar-refractivity contribution < 1.29 is 14.3 Å². The van der Waals surface area contributed by atoms with E-state index in [-0.39, 0.29) is 5.97 Å². The number of methoxy groups -OCH3 is 1. The second-order valence-electron chi connectivity index (χ2n) is 4.73. The molecular weight excluding hydrogens is 274 g/mol. The van der Waals surface area contributed by atoms with E-state index in [2.05, 4.69) is 4.74 Å². The van der Waals surface area contributed by atoms with Gasteiger partial charge in [0.2, 0.25) is 0 Å². The quantitative estimate of drug-likeness (QED) is 0.872. The minimum Gasteiger partial charge on any atom is -0.465 e. The second kappa shape index (κ2) is 8.87. The molecule has 0 bridgehead atoms. The van der Waals surface area contributed by atoms with Crippen molar-refractivity contribution in [2.75, 3.05) is 26.6 Å². The lowest BCUT2D eigenvalue weighted by Crippen LogP contribution is -2.03. The molecule has 1 aromatic carbocycles. The fourth-order valence-corrected chi connectivity index (χ4v) is 2.59. The van der Waals surface area contributed by atoms with E-state index in [1.165, 1.54) is 20.0 Å². The normalized spacial score (nSPS) is 15.2. The number of ether oxygens (including phenoxy) is 2. The summed E-state index contributed by atoms with van der Waals surface area (Å²) in [6, 6.07) is 5.47. The molecule has 1 atom stereocenters. The van der Waals surface area contributed by atoms with Crippen molar-refractivity contribution in [3.63, 3.8) is 0 Å². The highest BCUT2D eigenvalue weighted by atomic mass is 32.2. The third kappa shape index (κ3) is 5.84. The second-order valence-corrected chi connectivity index (χ2v) is 6.30. The third-order valence-electron chi connectivity index (χ3n) is 2.97. The van der Waals surface area contributed by atoms with Gasteiger partial charge in [-0.15, -0.1) is 10.7 Å². The van der Waals surface area contributed by atoms with Gasteiger partial charge >= 0.3 is 5.97 Å². The van der Waals surface area contributed by atoms with Crippen LogP contribution in [-0.2, 0) is 25.9 Å². The maximum atomic E-state index is 11.3. The molecule has 0 amide bonds. The molecule has 1 N–H and O–H groups in total. The summed E-state index contributed by atoms with van der Waals surface area (Å²) in [5.74, 6) is 0.369. The third-order valence-corrected chi connectivity index (χ3v) is 3.71. The van der Waals surface area contributed by atoms with Gasteiger partial charge in [-0.1, -0.05) is 6.07 Å². The molecule has 1 aliphatic heterocycles. The van der Waals surface area contributed by atoms with Crippen LogP contribution in [0.2, 0.25) is 0 Å². The minimum absolute atomic E-state index is 0.322. The maximum absolute atomic E-state index is 11.3. The summed E-state index contributed by atoms with van der Waals surface area (Å²) in [7, 11) is 0.969. The summed E-state index contributed by atoms with van der Waals surface area (Å²) in [5, 5.41) is 0. The predicted molar refractivity (Wildman–Crippen MR) is 82.3 cm³/mol. The van der Waals surface area contributed by atoms with Gasteiger partial charge in [-0.25, -0.2) is 4.79 Å². The van der Waals surface area contributed by atoms with Gasteiger partial charge in [-0.05, 0) is 49.3 Å². The maximum Gasteiger partial charge on any atom is 0.337 e. The Hall–Kier alpha value is -1.20. The SMILES string of the molecule is C1CCOC1.COC(=O)c1ccc(C)c(CS(C)=N)c1. The van der Waals surface area contributed by atoms with Crippen molar-refractivity contribution in [1.29, 1.82) is 4.78 Å². The zero-order chi connectivity index (χ0) is 15.0. The van der Waals surface area contributed by atoms with Crippen LogP contribution >= 0.6 is 0 Å². The van der Waals surface area contributed by atoms with E-state index >= 15 is 0 Å². The summed E-state index contributed by atoms with van der Waals surface area (Å²) in [6.07, 6.45) is 4.42. The molecule has 1 saturated heterocycles. The number of esters is 1. The molecule has 0 saturated carbocycles. The number of carbonyl (C=O) groups excluding carboxylic acids is 1. The van der Waals surface area contributed by atoms with E-state index in [0.717, 1.165) is 24.3 Å². The number of hydrogen-bond acceptors (Lipinski definition) is 4. The largest absolute Gasteiger partial charge is 0.465 e. The molecule has 4 nitrogen and oxygen atoms in total. The molecule has 5 heteroatoms. The van der Waals surface area contributed by atoms with Crippen molar-refractivity contribution in [2.24, 2.45) is 0 Å². The average Bonchev–Trinajstić information content (AvgIpc) is 2.99. The molecule has 2 rings (SSSR count). The summed E-state index contributed by atoms with van der Waals surface area (Å²) in [6.45, 7) is 3.99. The van der Waals surface area contributed by atoms with Gasteiger partial charge in [0.05, 0.1) is 12.7 Å².